The van der Waals surface area contributed by atoms with Crippen LogP contribution in [0.5, 0.6) is 11.5 Å². The van der Waals surface area contributed by atoms with Gasteiger partial charge in [-0.05, 0) is 36.3 Å². The molecular formula is C13H11NO5S2. The van der Waals surface area contributed by atoms with Crippen molar-refractivity contribution in [3.8, 4) is 11.5 Å². The zero-order valence-electron chi connectivity index (χ0n) is 10.9. The number of amides is 1. The highest BCUT2D eigenvalue weighted by molar-refractivity contribution is 8.26. The van der Waals surface area contributed by atoms with Crippen LogP contribution in [0.25, 0.3) is 6.08 Å². The Morgan fingerprint density at radius 3 is 2.67 bits per heavy atom. The number of aliphatic carboxylic acids is 1. The first-order chi connectivity index (χ1) is 9.79. The molecule has 1 aromatic rings. The summed E-state index contributed by atoms with van der Waals surface area (Å²) in [5.74, 6) is -2.14. The number of rotatable bonds is 3. The number of hydrogen-bond donors (Lipinski definition) is 3. The lowest BCUT2D eigenvalue weighted by molar-refractivity contribution is -0.140. The summed E-state index contributed by atoms with van der Waals surface area (Å²) in [5, 5.41) is 27.8. The van der Waals surface area contributed by atoms with E-state index in [4.69, 9.17) is 17.3 Å². The van der Waals surface area contributed by atoms with Crippen LogP contribution >= 0.6 is 24.0 Å². The molecule has 21 heavy (non-hydrogen) atoms. The molecule has 8 heteroatoms. The van der Waals surface area contributed by atoms with Gasteiger partial charge in [0.1, 0.15) is 10.9 Å². The van der Waals surface area contributed by atoms with Gasteiger partial charge in [-0.15, -0.1) is 0 Å². The van der Waals surface area contributed by atoms with Gasteiger partial charge in [0.25, 0.3) is 5.91 Å². The molecule has 0 radical (unpaired) electrons. The second-order valence-corrected chi connectivity index (χ2v) is 6.04. The average molecular weight is 325 g/mol. The third-order valence-corrected chi connectivity index (χ3v) is 4.15. The fourth-order valence-corrected chi connectivity index (χ4v) is 3.05. The monoisotopic (exact) mass is 325 g/mol. The highest BCUT2D eigenvalue weighted by Crippen LogP contribution is 2.35. The first kappa shape index (κ1) is 15.3. The van der Waals surface area contributed by atoms with E-state index in [1.54, 1.807) is 13.0 Å². The summed E-state index contributed by atoms with van der Waals surface area (Å²) >= 11 is 5.97. The third kappa shape index (κ3) is 3.17. The summed E-state index contributed by atoms with van der Waals surface area (Å²) in [5.41, 5.74) is 0.973. The number of thiocarbonyl (C=S) groups is 1. The standard InChI is InChI=1S/C13H11NO5S2/c1-6-2-7(3-8(15)11(6)18)4-9-12(19)14(5-10(16)17)13(20)21-9/h2-4,15,18H,5H2,1H3,(H,16,17)/b9-4-. The van der Waals surface area contributed by atoms with E-state index in [-0.39, 0.29) is 20.7 Å². The number of carboxylic acids is 1. The Bertz CT molecular complexity index is 660. The van der Waals surface area contributed by atoms with E-state index in [0.29, 0.717) is 11.1 Å². The minimum absolute atomic E-state index is 0.174. The van der Waals surface area contributed by atoms with E-state index in [1.807, 2.05) is 0 Å². The van der Waals surface area contributed by atoms with Gasteiger partial charge < -0.3 is 15.3 Å². The van der Waals surface area contributed by atoms with Crippen molar-refractivity contribution in [1.82, 2.24) is 4.90 Å². The minimum atomic E-state index is -1.15. The maximum Gasteiger partial charge on any atom is 0.323 e. The Morgan fingerprint density at radius 2 is 2.10 bits per heavy atom. The molecule has 2 rings (SSSR count). The number of carbonyl (C=O) groups excluding carboxylic acids is 1. The van der Waals surface area contributed by atoms with Gasteiger partial charge in [0, 0.05) is 0 Å². The van der Waals surface area contributed by atoms with Crippen LogP contribution in [0.2, 0.25) is 0 Å². The summed E-state index contributed by atoms with van der Waals surface area (Å²) < 4.78 is 0.174. The number of nitrogens with zero attached hydrogens (tertiary/aromatic N) is 1. The van der Waals surface area contributed by atoms with Crippen LogP contribution in [0.3, 0.4) is 0 Å². The molecule has 1 amide bonds. The molecule has 0 unspecified atom stereocenters. The molecule has 1 aliphatic rings. The summed E-state index contributed by atoms with van der Waals surface area (Å²) in [6, 6.07) is 2.91. The molecular weight excluding hydrogens is 314 g/mol. The van der Waals surface area contributed by atoms with Gasteiger partial charge in [-0.2, -0.15) is 0 Å². The summed E-state index contributed by atoms with van der Waals surface area (Å²) in [6.45, 7) is 1.13. The van der Waals surface area contributed by atoms with E-state index in [9.17, 15) is 19.8 Å². The Kier molecular flexibility index (Phi) is 4.19. The SMILES string of the molecule is Cc1cc(/C=C2\SC(=S)N(CC(=O)O)C2=O)cc(O)c1O. The number of carbonyl (C=O) groups is 2. The fourth-order valence-electron chi connectivity index (χ4n) is 1.79. The number of phenolic OH excluding ortho intramolecular Hbond substituents is 2. The molecule has 1 heterocycles. The van der Waals surface area contributed by atoms with Crippen molar-refractivity contribution in [2.75, 3.05) is 6.54 Å². The predicted molar refractivity (Wildman–Crippen MR) is 82.0 cm³/mol. The van der Waals surface area contributed by atoms with Gasteiger partial charge >= 0.3 is 5.97 Å². The molecule has 1 aliphatic heterocycles. The second kappa shape index (κ2) is 5.74. The van der Waals surface area contributed by atoms with Crippen molar-refractivity contribution < 1.29 is 24.9 Å². The number of benzene rings is 1. The van der Waals surface area contributed by atoms with Crippen LogP contribution in [-0.4, -0.2) is 43.0 Å². The first-order valence-electron chi connectivity index (χ1n) is 5.79. The van der Waals surface area contributed by atoms with Crippen LogP contribution < -0.4 is 0 Å². The van der Waals surface area contributed by atoms with Gasteiger partial charge in [0.05, 0.1) is 4.91 Å². The van der Waals surface area contributed by atoms with Crippen molar-refractivity contribution in [3.05, 3.63) is 28.2 Å². The molecule has 1 fully saturated rings. The molecule has 0 bridgehead atoms. The van der Waals surface area contributed by atoms with Crippen molar-refractivity contribution >= 4 is 46.3 Å². The predicted octanol–water partition coefficient (Wildman–Crippen LogP) is 1.69. The van der Waals surface area contributed by atoms with E-state index >= 15 is 0 Å². The van der Waals surface area contributed by atoms with E-state index in [0.717, 1.165) is 16.7 Å². The normalized spacial score (nSPS) is 16.8. The average Bonchev–Trinajstić information content (AvgIpc) is 2.63. The number of hydrogen-bond acceptors (Lipinski definition) is 6. The maximum atomic E-state index is 12.1. The number of aromatic hydroxyl groups is 2. The van der Waals surface area contributed by atoms with Crippen LogP contribution in [0.1, 0.15) is 11.1 Å². The summed E-state index contributed by atoms with van der Waals surface area (Å²) in [4.78, 5) is 24.0. The van der Waals surface area contributed by atoms with Crippen molar-refractivity contribution in [2.45, 2.75) is 6.92 Å². The van der Waals surface area contributed by atoms with Gasteiger partial charge in [-0.3, -0.25) is 14.5 Å². The quantitative estimate of drug-likeness (QED) is 0.442. The Balaban J connectivity index is 2.33. The smallest absolute Gasteiger partial charge is 0.323 e. The van der Waals surface area contributed by atoms with Gasteiger partial charge in [-0.1, -0.05) is 24.0 Å². The molecule has 1 aromatic carbocycles. The van der Waals surface area contributed by atoms with Crippen molar-refractivity contribution in [3.63, 3.8) is 0 Å². The summed E-state index contributed by atoms with van der Waals surface area (Å²) in [7, 11) is 0. The maximum absolute atomic E-state index is 12.1. The second-order valence-electron chi connectivity index (χ2n) is 4.37. The number of aryl methyl sites for hydroxylation is 1. The molecule has 110 valence electrons. The molecule has 0 aromatic heterocycles. The number of carboxylic acid groups (broad SMARTS) is 1. The molecule has 3 N–H and O–H groups in total. The van der Waals surface area contributed by atoms with E-state index in [2.05, 4.69) is 0 Å². The zero-order valence-corrected chi connectivity index (χ0v) is 12.5. The lowest BCUT2D eigenvalue weighted by atomic mass is 10.1. The Hall–Kier alpha value is -2.06. The van der Waals surface area contributed by atoms with Crippen LogP contribution in [0.4, 0.5) is 0 Å². The van der Waals surface area contributed by atoms with Crippen LogP contribution in [0, 0.1) is 6.92 Å². The van der Waals surface area contributed by atoms with Crippen molar-refractivity contribution in [1.29, 1.82) is 0 Å². The fraction of sp³-hybridized carbons (Fsp3) is 0.154. The first-order valence-corrected chi connectivity index (χ1v) is 7.02. The lowest BCUT2D eigenvalue weighted by Gasteiger charge is -2.10. The topological polar surface area (TPSA) is 98.1 Å². The largest absolute Gasteiger partial charge is 0.504 e. The molecule has 0 atom stereocenters. The molecule has 0 saturated carbocycles. The molecule has 1 saturated heterocycles. The van der Waals surface area contributed by atoms with Gasteiger partial charge in [0.15, 0.2) is 11.5 Å². The Labute approximate surface area is 129 Å². The summed E-state index contributed by atoms with van der Waals surface area (Å²) in [6.07, 6.45) is 1.49. The highest BCUT2D eigenvalue weighted by Gasteiger charge is 2.33. The zero-order chi connectivity index (χ0) is 15.7. The van der Waals surface area contributed by atoms with Crippen LogP contribution in [-0.2, 0) is 9.59 Å². The highest BCUT2D eigenvalue weighted by atomic mass is 32.2. The molecule has 0 aliphatic carbocycles. The third-order valence-electron chi connectivity index (χ3n) is 2.77. The molecule has 0 spiro atoms. The van der Waals surface area contributed by atoms with E-state index in [1.165, 1.54) is 12.1 Å². The minimum Gasteiger partial charge on any atom is -0.504 e. The molecule has 6 nitrogen and oxygen atoms in total. The van der Waals surface area contributed by atoms with Gasteiger partial charge in [0.2, 0.25) is 0 Å². The van der Waals surface area contributed by atoms with Crippen LogP contribution in [0.15, 0.2) is 17.0 Å². The van der Waals surface area contributed by atoms with E-state index < -0.39 is 18.4 Å². The number of thioether (sulfide) groups is 1. The number of phenols is 2. The van der Waals surface area contributed by atoms with Gasteiger partial charge in [-0.25, -0.2) is 0 Å². The Morgan fingerprint density at radius 1 is 1.43 bits per heavy atom. The lowest BCUT2D eigenvalue weighted by Crippen LogP contribution is -2.33. The van der Waals surface area contributed by atoms with Crippen molar-refractivity contribution in [2.24, 2.45) is 0 Å².